The van der Waals surface area contributed by atoms with Gasteiger partial charge in [-0.25, -0.2) is 4.98 Å². The lowest BCUT2D eigenvalue weighted by atomic mass is 10.1. The highest BCUT2D eigenvalue weighted by Gasteiger charge is 2.17. The molecule has 0 aliphatic rings. The van der Waals surface area contributed by atoms with Gasteiger partial charge in [-0.2, -0.15) is 0 Å². The summed E-state index contributed by atoms with van der Waals surface area (Å²) >= 11 is 1.45. The van der Waals surface area contributed by atoms with Gasteiger partial charge in [-0.1, -0.05) is 24.3 Å². The molecular formula is C15H18N2OS. The minimum Gasteiger partial charge on any atom is -0.349 e. The molecule has 1 aromatic heterocycles. The molecule has 0 radical (unpaired) electrons. The predicted octanol–water partition coefficient (Wildman–Crippen LogP) is 3.57. The lowest BCUT2D eigenvalue weighted by Crippen LogP contribution is -2.29. The Morgan fingerprint density at radius 2 is 1.95 bits per heavy atom. The molecule has 0 bridgehead atoms. The maximum absolute atomic E-state index is 12.1. The maximum Gasteiger partial charge on any atom is 0.263 e. The first kappa shape index (κ1) is 13.7. The molecule has 0 aliphatic carbocycles. The standard InChI is InChI=1S/C15H18N2OS/c1-9(2)16-14(18)13-11(4)17-15(19-13)12-8-6-5-7-10(12)3/h5-9H,1-4H3,(H,16,18). The Morgan fingerprint density at radius 3 is 2.58 bits per heavy atom. The van der Waals surface area contributed by atoms with Crippen molar-refractivity contribution in [3.8, 4) is 10.6 Å². The van der Waals surface area contributed by atoms with Gasteiger partial charge in [-0.3, -0.25) is 4.79 Å². The fourth-order valence-electron chi connectivity index (χ4n) is 1.86. The zero-order valence-electron chi connectivity index (χ0n) is 11.7. The van der Waals surface area contributed by atoms with Crippen LogP contribution in [0.3, 0.4) is 0 Å². The fourth-order valence-corrected chi connectivity index (χ4v) is 2.92. The number of benzene rings is 1. The summed E-state index contributed by atoms with van der Waals surface area (Å²) in [6, 6.07) is 8.23. The van der Waals surface area contributed by atoms with Gasteiger partial charge in [0.1, 0.15) is 9.88 Å². The van der Waals surface area contributed by atoms with E-state index in [9.17, 15) is 4.79 Å². The van der Waals surface area contributed by atoms with Crippen LogP contribution in [0.15, 0.2) is 24.3 Å². The minimum atomic E-state index is -0.0372. The van der Waals surface area contributed by atoms with Crippen LogP contribution in [0, 0.1) is 13.8 Å². The second-order valence-corrected chi connectivity index (χ2v) is 5.88. The number of amides is 1. The molecule has 2 rings (SSSR count). The average Bonchev–Trinajstić information content (AvgIpc) is 2.71. The van der Waals surface area contributed by atoms with Gasteiger partial charge in [0.15, 0.2) is 0 Å². The number of nitrogens with one attached hydrogen (secondary N) is 1. The highest BCUT2D eigenvalue weighted by molar-refractivity contribution is 7.17. The van der Waals surface area contributed by atoms with Crippen molar-refractivity contribution in [3.63, 3.8) is 0 Å². The van der Waals surface area contributed by atoms with Crippen molar-refractivity contribution in [2.75, 3.05) is 0 Å². The molecule has 3 nitrogen and oxygen atoms in total. The van der Waals surface area contributed by atoms with Gasteiger partial charge in [0.2, 0.25) is 0 Å². The normalized spacial score (nSPS) is 10.8. The smallest absolute Gasteiger partial charge is 0.263 e. The van der Waals surface area contributed by atoms with E-state index >= 15 is 0 Å². The summed E-state index contributed by atoms with van der Waals surface area (Å²) in [6.07, 6.45) is 0. The molecule has 1 N–H and O–H groups in total. The second-order valence-electron chi connectivity index (χ2n) is 4.88. The van der Waals surface area contributed by atoms with Crippen molar-refractivity contribution in [3.05, 3.63) is 40.4 Å². The summed E-state index contributed by atoms with van der Waals surface area (Å²) < 4.78 is 0. The van der Waals surface area contributed by atoms with E-state index in [-0.39, 0.29) is 11.9 Å². The summed E-state index contributed by atoms with van der Waals surface area (Å²) in [6.45, 7) is 7.85. The number of aromatic nitrogens is 1. The lowest BCUT2D eigenvalue weighted by Gasteiger charge is -2.06. The van der Waals surface area contributed by atoms with Gasteiger partial charge in [0.25, 0.3) is 5.91 Å². The topological polar surface area (TPSA) is 42.0 Å². The lowest BCUT2D eigenvalue weighted by molar-refractivity contribution is 0.0946. The van der Waals surface area contributed by atoms with E-state index in [4.69, 9.17) is 0 Å². The van der Waals surface area contributed by atoms with Crippen LogP contribution in [-0.2, 0) is 0 Å². The van der Waals surface area contributed by atoms with Crippen molar-refractivity contribution in [2.45, 2.75) is 33.7 Å². The van der Waals surface area contributed by atoms with Crippen molar-refractivity contribution in [1.29, 1.82) is 0 Å². The zero-order chi connectivity index (χ0) is 14.0. The summed E-state index contributed by atoms with van der Waals surface area (Å²) in [5, 5.41) is 3.82. The number of nitrogens with zero attached hydrogens (tertiary/aromatic N) is 1. The Balaban J connectivity index is 2.37. The highest BCUT2D eigenvalue weighted by Crippen LogP contribution is 2.29. The third kappa shape index (κ3) is 3.01. The first-order valence-electron chi connectivity index (χ1n) is 6.33. The van der Waals surface area contributed by atoms with Gasteiger partial charge in [0.05, 0.1) is 5.69 Å². The number of hydrogen-bond donors (Lipinski definition) is 1. The molecule has 100 valence electrons. The Bertz CT molecular complexity index is 602. The van der Waals surface area contributed by atoms with E-state index < -0.39 is 0 Å². The van der Waals surface area contributed by atoms with E-state index in [1.54, 1.807) is 0 Å². The third-order valence-corrected chi connectivity index (χ3v) is 3.99. The predicted molar refractivity (Wildman–Crippen MR) is 79.6 cm³/mol. The molecule has 4 heteroatoms. The fraction of sp³-hybridized carbons (Fsp3) is 0.333. The Hall–Kier alpha value is -1.68. The van der Waals surface area contributed by atoms with Crippen LogP contribution in [0.4, 0.5) is 0 Å². The van der Waals surface area contributed by atoms with Crippen molar-refractivity contribution in [2.24, 2.45) is 0 Å². The number of carbonyl (C=O) groups excluding carboxylic acids is 1. The first-order valence-corrected chi connectivity index (χ1v) is 7.15. The van der Waals surface area contributed by atoms with Crippen LogP contribution in [0.5, 0.6) is 0 Å². The molecule has 1 amide bonds. The molecule has 0 fully saturated rings. The number of rotatable bonds is 3. The minimum absolute atomic E-state index is 0.0372. The van der Waals surface area contributed by atoms with Crippen LogP contribution < -0.4 is 5.32 Å². The van der Waals surface area contributed by atoms with Crippen molar-refractivity contribution >= 4 is 17.2 Å². The molecule has 1 heterocycles. The number of thiazole rings is 1. The third-order valence-electron chi connectivity index (χ3n) is 2.80. The van der Waals surface area contributed by atoms with Crippen LogP contribution >= 0.6 is 11.3 Å². The SMILES string of the molecule is Cc1ccccc1-c1nc(C)c(C(=O)NC(C)C)s1. The van der Waals surface area contributed by atoms with Crippen LogP contribution in [0.1, 0.15) is 34.8 Å². The highest BCUT2D eigenvalue weighted by atomic mass is 32.1. The Morgan fingerprint density at radius 1 is 1.26 bits per heavy atom. The molecular weight excluding hydrogens is 256 g/mol. The van der Waals surface area contributed by atoms with Gasteiger partial charge in [-0.05, 0) is 33.3 Å². The Kier molecular flexibility index (Phi) is 4.00. The number of aryl methyl sites for hydroxylation is 2. The van der Waals surface area contributed by atoms with Crippen molar-refractivity contribution in [1.82, 2.24) is 10.3 Å². The van der Waals surface area contributed by atoms with Gasteiger partial charge in [0, 0.05) is 11.6 Å². The van der Waals surface area contributed by atoms with E-state index in [0.717, 1.165) is 16.3 Å². The number of carbonyl (C=O) groups is 1. The second kappa shape index (κ2) is 5.53. The van der Waals surface area contributed by atoms with Crippen LogP contribution in [0.2, 0.25) is 0 Å². The average molecular weight is 274 g/mol. The molecule has 0 spiro atoms. The van der Waals surface area contributed by atoms with E-state index in [1.165, 1.54) is 16.9 Å². The zero-order valence-corrected chi connectivity index (χ0v) is 12.5. The number of hydrogen-bond acceptors (Lipinski definition) is 3. The summed E-state index contributed by atoms with van der Waals surface area (Å²) in [5.41, 5.74) is 3.06. The Labute approximate surface area is 117 Å². The largest absolute Gasteiger partial charge is 0.349 e. The molecule has 0 atom stereocenters. The molecule has 0 saturated carbocycles. The van der Waals surface area contributed by atoms with Gasteiger partial charge >= 0.3 is 0 Å². The van der Waals surface area contributed by atoms with Crippen LogP contribution in [-0.4, -0.2) is 16.9 Å². The molecule has 1 aromatic carbocycles. The monoisotopic (exact) mass is 274 g/mol. The van der Waals surface area contributed by atoms with E-state index in [2.05, 4.69) is 23.3 Å². The van der Waals surface area contributed by atoms with Gasteiger partial charge < -0.3 is 5.32 Å². The van der Waals surface area contributed by atoms with Crippen LogP contribution in [0.25, 0.3) is 10.6 Å². The molecule has 0 unspecified atom stereocenters. The summed E-state index contributed by atoms with van der Waals surface area (Å²) in [4.78, 5) is 17.3. The maximum atomic E-state index is 12.1. The van der Waals surface area contributed by atoms with E-state index in [0.29, 0.717) is 4.88 Å². The first-order chi connectivity index (χ1) is 8.99. The van der Waals surface area contributed by atoms with Gasteiger partial charge in [-0.15, -0.1) is 11.3 Å². The molecule has 0 aliphatic heterocycles. The molecule has 19 heavy (non-hydrogen) atoms. The summed E-state index contributed by atoms with van der Waals surface area (Å²) in [7, 11) is 0. The molecule has 0 saturated heterocycles. The molecule has 2 aromatic rings. The summed E-state index contributed by atoms with van der Waals surface area (Å²) in [5.74, 6) is -0.0372. The van der Waals surface area contributed by atoms with Crippen molar-refractivity contribution < 1.29 is 4.79 Å². The quantitative estimate of drug-likeness (QED) is 0.929. The van der Waals surface area contributed by atoms with E-state index in [1.807, 2.05) is 39.0 Å².